The standard InChI is InChI=1S/C20H21N5O3/c1-27-15-9-7-13(8-10-15)16-11-17(23-22-16)19(26)21-12-18-24-25-20(28-18)14-5-3-2-4-6-14/h2-10,16-17,22-23H,11-12H2,1H3,(H,21,26). The van der Waals surface area contributed by atoms with Gasteiger partial charge in [-0.3, -0.25) is 4.79 Å². The predicted octanol–water partition coefficient (Wildman–Crippen LogP) is 1.97. The highest BCUT2D eigenvalue weighted by atomic mass is 16.5. The first-order valence-corrected chi connectivity index (χ1v) is 9.03. The summed E-state index contributed by atoms with van der Waals surface area (Å²) in [5.41, 5.74) is 8.14. The fraction of sp³-hybridized carbons (Fsp3) is 0.250. The first-order chi connectivity index (χ1) is 13.7. The summed E-state index contributed by atoms with van der Waals surface area (Å²) in [4.78, 5) is 12.4. The summed E-state index contributed by atoms with van der Waals surface area (Å²) in [6, 6.07) is 17.0. The van der Waals surface area contributed by atoms with Crippen LogP contribution >= 0.6 is 0 Å². The summed E-state index contributed by atoms with van der Waals surface area (Å²) in [7, 11) is 1.64. The maximum absolute atomic E-state index is 12.4. The van der Waals surface area contributed by atoms with Crippen molar-refractivity contribution in [3.8, 4) is 17.2 Å². The zero-order valence-electron chi connectivity index (χ0n) is 15.4. The second-order valence-electron chi connectivity index (χ2n) is 6.49. The van der Waals surface area contributed by atoms with E-state index in [1.165, 1.54) is 0 Å². The molecular weight excluding hydrogens is 358 g/mol. The van der Waals surface area contributed by atoms with E-state index in [4.69, 9.17) is 9.15 Å². The third-order valence-corrected chi connectivity index (χ3v) is 4.64. The Morgan fingerprint density at radius 1 is 1.14 bits per heavy atom. The Labute approximate surface area is 162 Å². The molecule has 2 aromatic carbocycles. The van der Waals surface area contributed by atoms with Gasteiger partial charge in [-0.05, 0) is 36.2 Å². The summed E-state index contributed by atoms with van der Waals surface area (Å²) < 4.78 is 10.8. The van der Waals surface area contributed by atoms with Gasteiger partial charge in [0.05, 0.1) is 13.7 Å². The first-order valence-electron chi connectivity index (χ1n) is 9.03. The number of aromatic nitrogens is 2. The Kier molecular flexibility index (Phi) is 5.31. The van der Waals surface area contributed by atoms with Gasteiger partial charge in [0, 0.05) is 11.6 Å². The van der Waals surface area contributed by atoms with Crippen LogP contribution in [0, 0.1) is 0 Å². The van der Waals surface area contributed by atoms with E-state index in [2.05, 4.69) is 26.4 Å². The number of methoxy groups -OCH3 is 1. The molecule has 4 rings (SSSR count). The van der Waals surface area contributed by atoms with Crippen LogP contribution in [0.3, 0.4) is 0 Å². The van der Waals surface area contributed by atoms with Gasteiger partial charge in [0.2, 0.25) is 17.7 Å². The van der Waals surface area contributed by atoms with Crippen molar-refractivity contribution in [3.05, 3.63) is 66.1 Å². The number of rotatable bonds is 6. The van der Waals surface area contributed by atoms with Gasteiger partial charge in [0.15, 0.2) is 0 Å². The van der Waals surface area contributed by atoms with E-state index in [0.29, 0.717) is 18.2 Å². The summed E-state index contributed by atoms with van der Waals surface area (Å²) in [5, 5.41) is 10.9. The minimum Gasteiger partial charge on any atom is -0.497 e. The van der Waals surface area contributed by atoms with E-state index < -0.39 is 0 Å². The Hall–Kier alpha value is -3.23. The molecule has 1 aliphatic rings. The monoisotopic (exact) mass is 379 g/mol. The Morgan fingerprint density at radius 3 is 2.68 bits per heavy atom. The van der Waals surface area contributed by atoms with Crippen LogP contribution in [0.15, 0.2) is 59.0 Å². The Morgan fingerprint density at radius 2 is 1.93 bits per heavy atom. The Balaban J connectivity index is 1.30. The number of hydrogen-bond acceptors (Lipinski definition) is 7. The molecule has 1 aliphatic heterocycles. The lowest BCUT2D eigenvalue weighted by atomic mass is 10.0. The van der Waals surface area contributed by atoms with Crippen molar-refractivity contribution < 1.29 is 13.9 Å². The highest BCUT2D eigenvalue weighted by molar-refractivity contribution is 5.82. The van der Waals surface area contributed by atoms with Crippen LogP contribution in [0.4, 0.5) is 0 Å². The topological polar surface area (TPSA) is 101 Å². The van der Waals surface area contributed by atoms with Crippen molar-refractivity contribution >= 4 is 5.91 Å². The summed E-state index contributed by atoms with van der Waals surface area (Å²) in [6.45, 7) is 0.185. The zero-order valence-corrected chi connectivity index (χ0v) is 15.4. The fourth-order valence-corrected chi connectivity index (χ4v) is 3.09. The number of carbonyl (C=O) groups is 1. The van der Waals surface area contributed by atoms with E-state index in [-0.39, 0.29) is 24.5 Å². The lowest BCUT2D eigenvalue weighted by molar-refractivity contribution is -0.123. The van der Waals surface area contributed by atoms with E-state index in [1.807, 2.05) is 54.6 Å². The highest BCUT2D eigenvalue weighted by Gasteiger charge is 2.30. The number of carbonyl (C=O) groups excluding carboxylic acids is 1. The third-order valence-electron chi connectivity index (χ3n) is 4.64. The van der Waals surface area contributed by atoms with Crippen molar-refractivity contribution in [3.63, 3.8) is 0 Å². The van der Waals surface area contributed by atoms with E-state index in [0.717, 1.165) is 16.9 Å². The molecule has 0 bridgehead atoms. The van der Waals surface area contributed by atoms with Crippen molar-refractivity contribution in [2.75, 3.05) is 7.11 Å². The summed E-state index contributed by atoms with van der Waals surface area (Å²) >= 11 is 0. The molecule has 0 spiro atoms. The van der Waals surface area contributed by atoms with Gasteiger partial charge < -0.3 is 14.5 Å². The SMILES string of the molecule is COc1ccc(C2CC(C(=O)NCc3nnc(-c4ccccc4)o3)NN2)cc1. The molecule has 1 aromatic heterocycles. The molecule has 8 heteroatoms. The fourth-order valence-electron chi connectivity index (χ4n) is 3.09. The molecule has 0 saturated carbocycles. The molecule has 2 atom stereocenters. The molecule has 144 valence electrons. The third kappa shape index (κ3) is 4.03. The predicted molar refractivity (Wildman–Crippen MR) is 102 cm³/mol. The van der Waals surface area contributed by atoms with Crippen LogP contribution in [0.25, 0.3) is 11.5 Å². The molecule has 3 N–H and O–H groups in total. The maximum atomic E-state index is 12.4. The number of hydrogen-bond donors (Lipinski definition) is 3. The van der Waals surface area contributed by atoms with Crippen LogP contribution in [-0.4, -0.2) is 29.3 Å². The average molecular weight is 379 g/mol. The summed E-state index contributed by atoms with van der Waals surface area (Å²) in [5.74, 6) is 1.48. The maximum Gasteiger partial charge on any atom is 0.247 e. The highest BCUT2D eigenvalue weighted by Crippen LogP contribution is 2.24. The summed E-state index contributed by atoms with van der Waals surface area (Å²) in [6.07, 6.45) is 0.636. The van der Waals surface area contributed by atoms with Gasteiger partial charge in [0.25, 0.3) is 0 Å². The van der Waals surface area contributed by atoms with Crippen molar-refractivity contribution in [1.29, 1.82) is 0 Å². The van der Waals surface area contributed by atoms with Crippen LogP contribution in [0.2, 0.25) is 0 Å². The zero-order chi connectivity index (χ0) is 19.3. The van der Waals surface area contributed by atoms with Crippen LogP contribution < -0.4 is 20.9 Å². The van der Waals surface area contributed by atoms with E-state index >= 15 is 0 Å². The molecule has 3 aromatic rings. The van der Waals surface area contributed by atoms with Gasteiger partial charge in [0.1, 0.15) is 11.8 Å². The first kappa shape index (κ1) is 18.1. The molecule has 1 saturated heterocycles. The molecule has 2 unspecified atom stereocenters. The molecular formula is C20H21N5O3. The van der Waals surface area contributed by atoms with Gasteiger partial charge in [-0.15, -0.1) is 10.2 Å². The van der Waals surface area contributed by atoms with Crippen LogP contribution in [0.5, 0.6) is 5.75 Å². The molecule has 0 radical (unpaired) electrons. The minimum atomic E-state index is -0.344. The largest absolute Gasteiger partial charge is 0.497 e. The average Bonchev–Trinajstić information content (AvgIpc) is 3.43. The lowest BCUT2D eigenvalue weighted by Gasteiger charge is -2.10. The number of hydrazine groups is 1. The molecule has 1 fully saturated rings. The van der Waals surface area contributed by atoms with Gasteiger partial charge in [-0.1, -0.05) is 30.3 Å². The normalized spacial score (nSPS) is 18.8. The number of ether oxygens (including phenoxy) is 1. The van der Waals surface area contributed by atoms with E-state index in [1.54, 1.807) is 7.11 Å². The second-order valence-corrected chi connectivity index (χ2v) is 6.49. The van der Waals surface area contributed by atoms with Crippen molar-refractivity contribution in [2.24, 2.45) is 0 Å². The molecule has 0 aliphatic carbocycles. The van der Waals surface area contributed by atoms with Gasteiger partial charge in [-0.2, -0.15) is 0 Å². The quantitative estimate of drug-likeness (QED) is 0.602. The molecule has 2 heterocycles. The smallest absolute Gasteiger partial charge is 0.247 e. The lowest BCUT2D eigenvalue weighted by Crippen LogP contribution is -2.42. The van der Waals surface area contributed by atoms with Gasteiger partial charge >= 0.3 is 0 Å². The second kappa shape index (κ2) is 8.20. The van der Waals surface area contributed by atoms with Crippen LogP contribution in [-0.2, 0) is 11.3 Å². The number of nitrogens with one attached hydrogen (secondary N) is 3. The number of amides is 1. The molecule has 28 heavy (non-hydrogen) atoms. The van der Waals surface area contributed by atoms with Crippen molar-refractivity contribution in [2.45, 2.75) is 25.0 Å². The minimum absolute atomic E-state index is 0.0507. The molecule has 8 nitrogen and oxygen atoms in total. The number of nitrogens with zero attached hydrogens (tertiary/aromatic N) is 2. The molecule has 1 amide bonds. The van der Waals surface area contributed by atoms with Crippen molar-refractivity contribution in [1.82, 2.24) is 26.4 Å². The number of benzene rings is 2. The Bertz CT molecular complexity index is 927. The van der Waals surface area contributed by atoms with E-state index in [9.17, 15) is 4.79 Å². The van der Waals surface area contributed by atoms with Gasteiger partial charge in [-0.25, -0.2) is 10.9 Å². The van der Waals surface area contributed by atoms with Crippen LogP contribution in [0.1, 0.15) is 23.9 Å².